The Bertz CT molecular complexity index is 831. The van der Waals surface area contributed by atoms with Gasteiger partial charge in [0.1, 0.15) is 16.9 Å². The summed E-state index contributed by atoms with van der Waals surface area (Å²) >= 11 is 7.09. The van der Waals surface area contributed by atoms with Gasteiger partial charge in [-0.3, -0.25) is 4.79 Å². The van der Waals surface area contributed by atoms with E-state index in [4.69, 9.17) is 17.3 Å². The molecule has 21 heavy (non-hydrogen) atoms. The van der Waals surface area contributed by atoms with Crippen molar-refractivity contribution in [3.05, 3.63) is 46.7 Å². The molecule has 0 radical (unpaired) electrons. The Labute approximate surface area is 127 Å². The summed E-state index contributed by atoms with van der Waals surface area (Å²) in [4.78, 5) is 12.2. The van der Waals surface area contributed by atoms with Gasteiger partial charge in [-0.15, -0.1) is 0 Å². The number of rotatable bonds is 2. The van der Waals surface area contributed by atoms with E-state index in [-0.39, 0.29) is 11.3 Å². The van der Waals surface area contributed by atoms with E-state index in [0.29, 0.717) is 21.7 Å². The third kappa shape index (κ3) is 2.65. The first kappa shape index (κ1) is 13.7. The van der Waals surface area contributed by atoms with Crippen molar-refractivity contribution in [2.45, 2.75) is 0 Å². The van der Waals surface area contributed by atoms with Crippen LogP contribution in [-0.4, -0.2) is 14.7 Å². The zero-order valence-electron chi connectivity index (χ0n) is 10.4. The van der Waals surface area contributed by atoms with Gasteiger partial charge in [0.2, 0.25) is 0 Å². The fourth-order valence-electron chi connectivity index (χ4n) is 1.87. The monoisotopic (exact) mass is 322 g/mol. The average molecular weight is 323 g/mol. The van der Waals surface area contributed by atoms with Crippen LogP contribution in [0.3, 0.4) is 0 Å². The Hall–Kier alpha value is -2.25. The molecule has 1 heterocycles. The molecule has 0 unspecified atom stereocenters. The Morgan fingerprint density at radius 1 is 1.29 bits per heavy atom. The van der Waals surface area contributed by atoms with E-state index in [2.05, 4.69) is 14.1 Å². The number of fused-ring (bicyclic) bond motifs is 1. The molecule has 0 fully saturated rings. The standard InChI is InChI=1S/C13H8ClFN4OS/c14-9-1-2-10-12(19-21-18-10)11(9)17-13(20)6-3-7(15)5-8(16)4-6/h1-5H,16H2,(H,17,20). The molecule has 0 atom stereocenters. The molecule has 0 saturated carbocycles. The van der Waals surface area contributed by atoms with E-state index in [1.54, 1.807) is 12.1 Å². The van der Waals surface area contributed by atoms with Crippen molar-refractivity contribution >= 4 is 51.6 Å². The van der Waals surface area contributed by atoms with E-state index in [0.717, 1.165) is 23.9 Å². The van der Waals surface area contributed by atoms with Gasteiger partial charge in [-0.2, -0.15) is 8.75 Å². The molecule has 1 aromatic heterocycles. The number of aromatic nitrogens is 2. The van der Waals surface area contributed by atoms with Crippen LogP contribution in [0.4, 0.5) is 15.8 Å². The Kier molecular flexibility index (Phi) is 3.44. The second kappa shape index (κ2) is 5.27. The summed E-state index contributed by atoms with van der Waals surface area (Å²) in [5, 5.41) is 2.95. The molecule has 3 rings (SSSR count). The van der Waals surface area contributed by atoms with Crippen LogP contribution in [0.2, 0.25) is 5.02 Å². The number of nitrogens with zero attached hydrogens (tertiary/aromatic N) is 2. The molecule has 8 heteroatoms. The van der Waals surface area contributed by atoms with Crippen molar-refractivity contribution in [1.29, 1.82) is 0 Å². The third-order valence-corrected chi connectivity index (χ3v) is 3.66. The molecule has 0 bridgehead atoms. The molecule has 0 aliphatic heterocycles. The van der Waals surface area contributed by atoms with Crippen LogP contribution in [0.15, 0.2) is 30.3 Å². The first-order chi connectivity index (χ1) is 10.0. The number of hydrogen-bond acceptors (Lipinski definition) is 5. The van der Waals surface area contributed by atoms with Gasteiger partial charge in [-0.25, -0.2) is 4.39 Å². The number of carbonyl (C=O) groups is 1. The molecule has 106 valence electrons. The average Bonchev–Trinajstić information content (AvgIpc) is 2.89. The summed E-state index contributed by atoms with van der Waals surface area (Å²) in [6, 6.07) is 6.93. The number of nitrogens with one attached hydrogen (secondary N) is 1. The maximum Gasteiger partial charge on any atom is 0.255 e. The van der Waals surface area contributed by atoms with Crippen molar-refractivity contribution in [2.75, 3.05) is 11.1 Å². The number of carbonyl (C=O) groups excluding carboxylic acids is 1. The Morgan fingerprint density at radius 2 is 2.10 bits per heavy atom. The van der Waals surface area contributed by atoms with Crippen LogP contribution in [-0.2, 0) is 0 Å². The lowest BCUT2D eigenvalue weighted by molar-refractivity contribution is 0.102. The molecule has 2 aromatic carbocycles. The highest BCUT2D eigenvalue weighted by Crippen LogP contribution is 2.30. The highest BCUT2D eigenvalue weighted by atomic mass is 35.5. The summed E-state index contributed by atoms with van der Waals surface area (Å²) in [7, 11) is 0. The SMILES string of the molecule is Nc1cc(F)cc(C(=O)Nc2c(Cl)ccc3nsnc23)c1. The molecule has 3 N–H and O–H groups in total. The molecule has 1 amide bonds. The van der Waals surface area contributed by atoms with E-state index in [1.807, 2.05) is 0 Å². The van der Waals surface area contributed by atoms with Crippen molar-refractivity contribution in [1.82, 2.24) is 8.75 Å². The van der Waals surface area contributed by atoms with Crippen molar-refractivity contribution in [3.63, 3.8) is 0 Å². The summed E-state index contributed by atoms with van der Waals surface area (Å²) in [6.07, 6.45) is 0. The van der Waals surface area contributed by atoms with E-state index >= 15 is 0 Å². The third-order valence-electron chi connectivity index (χ3n) is 2.80. The highest BCUT2D eigenvalue weighted by molar-refractivity contribution is 7.00. The van der Waals surface area contributed by atoms with Gasteiger partial charge in [-0.05, 0) is 30.3 Å². The Morgan fingerprint density at radius 3 is 2.86 bits per heavy atom. The maximum atomic E-state index is 13.3. The van der Waals surface area contributed by atoms with E-state index < -0.39 is 11.7 Å². The number of anilines is 2. The molecule has 0 saturated heterocycles. The number of halogens is 2. The number of nitrogens with two attached hydrogens (primary N) is 1. The van der Waals surface area contributed by atoms with Crippen molar-refractivity contribution < 1.29 is 9.18 Å². The normalized spacial score (nSPS) is 10.8. The van der Waals surface area contributed by atoms with Gasteiger partial charge in [0.05, 0.1) is 22.4 Å². The van der Waals surface area contributed by atoms with Crippen LogP contribution >= 0.6 is 23.3 Å². The molecule has 5 nitrogen and oxygen atoms in total. The number of nitrogen functional groups attached to an aromatic ring is 1. The zero-order chi connectivity index (χ0) is 15.0. The zero-order valence-corrected chi connectivity index (χ0v) is 12.0. The largest absolute Gasteiger partial charge is 0.399 e. The van der Waals surface area contributed by atoms with Crippen LogP contribution in [0.25, 0.3) is 11.0 Å². The van der Waals surface area contributed by atoms with Gasteiger partial charge in [0.25, 0.3) is 5.91 Å². The molecular formula is C13H8ClFN4OS. The quantitative estimate of drug-likeness (QED) is 0.709. The summed E-state index contributed by atoms with van der Waals surface area (Å²) in [5.74, 6) is -1.11. The van der Waals surface area contributed by atoms with Crippen molar-refractivity contribution in [2.24, 2.45) is 0 Å². The van der Waals surface area contributed by atoms with Crippen LogP contribution in [0.1, 0.15) is 10.4 Å². The van der Waals surface area contributed by atoms with Gasteiger partial charge in [-0.1, -0.05) is 11.6 Å². The first-order valence-electron chi connectivity index (χ1n) is 5.83. The van der Waals surface area contributed by atoms with E-state index in [9.17, 15) is 9.18 Å². The second-order valence-corrected chi connectivity index (χ2v) is 5.22. The van der Waals surface area contributed by atoms with Gasteiger partial charge in [0, 0.05) is 11.3 Å². The van der Waals surface area contributed by atoms with Crippen LogP contribution < -0.4 is 11.1 Å². The smallest absolute Gasteiger partial charge is 0.255 e. The van der Waals surface area contributed by atoms with Crippen LogP contribution in [0.5, 0.6) is 0 Å². The molecular weight excluding hydrogens is 315 g/mol. The van der Waals surface area contributed by atoms with Gasteiger partial charge < -0.3 is 11.1 Å². The minimum absolute atomic E-state index is 0.101. The summed E-state index contributed by atoms with van der Waals surface area (Å²) < 4.78 is 21.5. The first-order valence-corrected chi connectivity index (χ1v) is 6.93. The summed E-state index contributed by atoms with van der Waals surface area (Å²) in [5.41, 5.74) is 7.25. The molecule has 3 aromatic rings. The fraction of sp³-hybridized carbons (Fsp3) is 0. The maximum absolute atomic E-state index is 13.3. The molecule has 0 aliphatic rings. The van der Waals surface area contributed by atoms with E-state index in [1.165, 1.54) is 6.07 Å². The molecule has 0 spiro atoms. The predicted molar refractivity (Wildman–Crippen MR) is 81.2 cm³/mol. The lowest BCUT2D eigenvalue weighted by Crippen LogP contribution is -2.13. The Balaban J connectivity index is 2.00. The second-order valence-electron chi connectivity index (χ2n) is 4.28. The predicted octanol–water partition coefficient (Wildman–Crippen LogP) is 3.32. The van der Waals surface area contributed by atoms with Gasteiger partial charge in [0.15, 0.2) is 0 Å². The minimum atomic E-state index is -0.584. The molecule has 0 aliphatic carbocycles. The van der Waals surface area contributed by atoms with Crippen LogP contribution in [0, 0.1) is 5.82 Å². The number of benzene rings is 2. The summed E-state index contributed by atoms with van der Waals surface area (Å²) in [6.45, 7) is 0. The topological polar surface area (TPSA) is 80.9 Å². The number of hydrogen-bond donors (Lipinski definition) is 2. The minimum Gasteiger partial charge on any atom is -0.399 e. The fourth-order valence-corrected chi connectivity index (χ4v) is 2.62. The highest BCUT2D eigenvalue weighted by Gasteiger charge is 2.15. The van der Waals surface area contributed by atoms with Gasteiger partial charge >= 0.3 is 0 Å². The lowest BCUT2D eigenvalue weighted by Gasteiger charge is -2.08. The van der Waals surface area contributed by atoms with Crippen molar-refractivity contribution in [3.8, 4) is 0 Å². The number of amides is 1. The lowest BCUT2D eigenvalue weighted by atomic mass is 10.1.